The second-order valence-electron chi connectivity index (χ2n) is 14.8. The van der Waals surface area contributed by atoms with E-state index in [4.69, 9.17) is 19.4 Å². The van der Waals surface area contributed by atoms with Gasteiger partial charge in [0.2, 0.25) is 0 Å². The van der Waals surface area contributed by atoms with E-state index in [9.17, 15) is 0 Å². The van der Waals surface area contributed by atoms with Gasteiger partial charge in [0.05, 0.1) is 16.8 Å². The normalized spacial score (nSPS) is 13.3. The number of fused-ring (bicyclic) bond motifs is 13. The van der Waals surface area contributed by atoms with Crippen LogP contribution < -0.4 is 9.47 Å². The van der Waals surface area contributed by atoms with Gasteiger partial charge in [-0.1, -0.05) is 158 Å². The van der Waals surface area contributed by atoms with Gasteiger partial charge in [-0.05, 0) is 86.5 Å². The van der Waals surface area contributed by atoms with E-state index < -0.39 is 5.41 Å². The third kappa shape index (κ3) is 4.68. The van der Waals surface area contributed by atoms with Crippen LogP contribution in [0.3, 0.4) is 0 Å². The minimum Gasteiger partial charge on any atom is -0.450 e. The quantitative estimate of drug-likeness (QED) is 0.181. The number of benzene rings is 8. The highest BCUT2D eigenvalue weighted by Crippen LogP contribution is 2.67. The van der Waals surface area contributed by atoms with Crippen molar-refractivity contribution in [2.45, 2.75) is 5.41 Å². The van der Waals surface area contributed by atoms with Gasteiger partial charge in [-0.2, -0.15) is 0 Å². The summed E-state index contributed by atoms with van der Waals surface area (Å²) in [4.78, 5) is 10.3. The highest BCUT2D eigenvalue weighted by Gasteiger charge is 2.54. The van der Waals surface area contributed by atoms with Crippen LogP contribution in [0.2, 0.25) is 0 Å². The van der Waals surface area contributed by atoms with Crippen LogP contribution in [0.1, 0.15) is 22.3 Å². The van der Waals surface area contributed by atoms with E-state index in [0.717, 1.165) is 73.3 Å². The van der Waals surface area contributed by atoms with Crippen molar-refractivity contribution < 1.29 is 9.47 Å². The molecule has 8 aromatic carbocycles. The molecule has 2 heterocycles. The first-order valence-electron chi connectivity index (χ1n) is 19.3. The summed E-state index contributed by atoms with van der Waals surface area (Å²) < 4.78 is 13.5. The lowest BCUT2D eigenvalue weighted by atomic mass is 9.70. The molecule has 2 aliphatic carbocycles. The van der Waals surface area contributed by atoms with Gasteiger partial charge in [-0.25, -0.2) is 9.97 Å². The van der Waals surface area contributed by atoms with Gasteiger partial charge in [-0.15, -0.1) is 0 Å². The zero-order valence-corrected chi connectivity index (χ0v) is 30.7. The lowest BCUT2D eigenvalue weighted by molar-refractivity contribution is 0.354. The van der Waals surface area contributed by atoms with E-state index >= 15 is 0 Å². The predicted molar refractivity (Wildman–Crippen MR) is 227 cm³/mol. The molecule has 0 saturated heterocycles. The molecule has 266 valence electrons. The predicted octanol–water partition coefficient (Wildman–Crippen LogP) is 13.4. The first-order valence-corrected chi connectivity index (χ1v) is 19.3. The Morgan fingerprint density at radius 1 is 0.333 bits per heavy atom. The Kier molecular flexibility index (Phi) is 6.81. The Morgan fingerprint density at radius 2 is 0.860 bits per heavy atom. The second-order valence-corrected chi connectivity index (χ2v) is 14.8. The van der Waals surface area contributed by atoms with Crippen molar-refractivity contribution in [3.63, 3.8) is 0 Å². The molecule has 1 aromatic heterocycles. The van der Waals surface area contributed by atoms with Gasteiger partial charge in [-0.3, -0.25) is 0 Å². The molecule has 4 nitrogen and oxygen atoms in total. The fraction of sp³-hybridized carbons (Fsp3) is 0.0189. The zero-order valence-electron chi connectivity index (χ0n) is 30.7. The molecule has 1 spiro atoms. The third-order valence-corrected chi connectivity index (χ3v) is 11.8. The van der Waals surface area contributed by atoms with Crippen LogP contribution in [-0.2, 0) is 5.41 Å². The summed E-state index contributed by atoms with van der Waals surface area (Å²) in [5, 5.41) is 0. The zero-order chi connectivity index (χ0) is 37.5. The molecule has 57 heavy (non-hydrogen) atoms. The second kappa shape index (κ2) is 12.2. The summed E-state index contributed by atoms with van der Waals surface area (Å²) in [6.07, 6.45) is 0. The molecule has 0 saturated carbocycles. The summed E-state index contributed by atoms with van der Waals surface area (Å²) in [6, 6.07) is 68.2. The molecule has 3 aliphatic rings. The fourth-order valence-corrected chi connectivity index (χ4v) is 9.32. The van der Waals surface area contributed by atoms with Crippen molar-refractivity contribution in [2.75, 3.05) is 0 Å². The summed E-state index contributed by atoms with van der Waals surface area (Å²) in [7, 11) is 0. The standard InChI is InChI=1S/C53H32N2O2/c1-3-14-33(15-4-1)45-32-46(34-16-5-2-6-17-34)55-52(54-45)37-19-13-18-35(30-37)36-26-27-40-41-28-29-49-51(57-48-25-12-11-24-47(48)56-49)50(41)53(44(40)31-36)42-22-9-7-20-38(42)39-21-8-10-23-43(39)53/h1-32H. The molecule has 9 aromatic rings. The highest BCUT2D eigenvalue weighted by atomic mass is 16.6. The lowest BCUT2D eigenvalue weighted by Gasteiger charge is -2.33. The van der Waals surface area contributed by atoms with Crippen molar-refractivity contribution in [2.24, 2.45) is 0 Å². The molecule has 0 unspecified atom stereocenters. The number of nitrogens with zero attached hydrogens (tertiary/aromatic N) is 2. The summed E-state index contributed by atoms with van der Waals surface area (Å²) in [6.45, 7) is 0. The third-order valence-electron chi connectivity index (χ3n) is 11.8. The SMILES string of the molecule is c1ccc(-c2cc(-c3ccccc3)nc(-c3cccc(-c4ccc5c(c4)C4(c6ccccc6-c6ccccc64)c4c-5ccc5c4Oc4ccccc4O5)c3)n2)cc1. The van der Waals surface area contributed by atoms with Crippen molar-refractivity contribution in [3.05, 3.63) is 216 Å². The van der Waals surface area contributed by atoms with E-state index in [0.29, 0.717) is 5.82 Å². The Balaban J connectivity index is 1.06. The van der Waals surface area contributed by atoms with Crippen molar-refractivity contribution in [1.82, 2.24) is 9.97 Å². The molecule has 0 amide bonds. The molecular weight excluding hydrogens is 697 g/mol. The maximum Gasteiger partial charge on any atom is 0.175 e. The summed E-state index contributed by atoms with van der Waals surface area (Å²) in [5.41, 5.74) is 16.0. The molecule has 12 rings (SSSR count). The molecular formula is C53H32N2O2. The van der Waals surface area contributed by atoms with E-state index in [1.807, 2.05) is 60.7 Å². The minimum absolute atomic E-state index is 0.635. The van der Waals surface area contributed by atoms with E-state index in [2.05, 4.69) is 133 Å². The van der Waals surface area contributed by atoms with Crippen molar-refractivity contribution in [1.29, 1.82) is 0 Å². The molecule has 0 bridgehead atoms. The van der Waals surface area contributed by atoms with E-state index in [-0.39, 0.29) is 0 Å². The maximum absolute atomic E-state index is 6.89. The highest BCUT2D eigenvalue weighted by molar-refractivity contribution is 5.98. The largest absolute Gasteiger partial charge is 0.450 e. The number of aromatic nitrogens is 2. The Labute approximate surface area is 330 Å². The lowest BCUT2D eigenvalue weighted by Crippen LogP contribution is -2.27. The molecule has 1 aliphatic heterocycles. The average Bonchev–Trinajstić information content (AvgIpc) is 3.76. The first kappa shape index (κ1) is 31.8. The van der Waals surface area contributed by atoms with Gasteiger partial charge < -0.3 is 9.47 Å². The van der Waals surface area contributed by atoms with Gasteiger partial charge in [0.25, 0.3) is 0 Å². The molecule has 4 heteroatoms. The summed E-state index contributed by atoms with van der Waals surface area (Å²) in [5.74, 6) is 3.61. The maximum atomic E-state index is 6.89. The number of para-hydroxylation sites is 2. The Bertz CT molecular complexity index is 2980. The van der Waals surface area contributed by atoms with Crippen LogP contribution in [0.15, 0.2) is 194 Å². The Hall–Kier alpha value is -7.56. The number of ether oxygens (including phenoxy) is 2. The number of rotatable bonds is 4. The van der Waals surface area contributed by atoms with Crippen molar-refractivity contribution >= 4 is 0 Å². The van der Waals surface area contributed by atoms with Crippen LogP contribution >= 0.6 is 0 Å². The fourth-order valence-electron chi connectivity index (χ4n) is 9.32. The van der Waals surface area contributed by atoms with Crippen LogP contribution in [0, 0.1) is 0 Å². The van der Waals surface area contributed by atoms with Crippen LogP contribution in [-0.4, -0.2) is 9.97 Å². The monoisotopic (exact) mass is 728 g/mol. The minimum atomic E-state index is -0.635. The van der Waals surface area contributed by atoms with E-state index in [1.165, 1.54) is 33.4 Å². The topological polar surface area (TPSA) is 44.2 Å². The van der Waals surface area contributed by atoms with Crippen LogP contribution in [0.4, 0.5) is 0 Å². The van der Waals surface area contributed by atoms with Crippen LogP contribution in [0.25, 0.3) is 67.3 Å². The van der Waals surface area contributed by atoms with Crippen molar-refractivity contribution in [3.8, 4) is 90.3 Å². The molecule has 0 N–H and O–H groups in total. The molecule has 0 radical (unpaired) electrons. The van der Waals surface area contributed by atoms with Crippen LogP contribution in [0.5, 0.6) is 23.0 Å². The smallest absolute Gasteiger partial charge is 0.175 e. The Morgan fingerprint density at radius 3 is 1.54 bits per heavy atom. The van der Waals surface area contributed by atoms with Gasteiger partial charge in [0, 0.05) is 22.3 Å². The molecule has 0 atom stereocenters. The van der Waals surface area contributed by atoms with Gasteiger partial charge in [0.15, 0.2) is 28.8 Å². The number of hydrogen-bond donors (Lipinski definition) is 0. The number of hydrogen-bond acceptors (Lipinski definition) is 4. The average molecular weight is 729 g/mol. The summed E-state index contributed by atoms with van der Waals surface area (Å²) >= 11 is 0. The molecule has 0 fully saturated rings. The van der Waals surface area contributed by atoms with Gasteiger partial charge in [0.1, 0.15) is 0 Å². The first-order chi connectivity index (χ1) is 28.2. The van der Waals surface area contributed by atoms with Gasteiger partial charge >= 0.3 is 0 Å². The van der Waals surface area contributed by atoms with E-state index in [1.54, 1.807) is 0 Å².